The highest BCUT2D eigenvalue weighted by Gasteiger charge is 2.12. The number of nitrogens with one attached hydrogen (secondary N) is 2. The number of aromatic amines is 1. The molecular weight excluding hydrogens is 316 g/mol. The number of fused-ring (bicyclic) bond motifs is 1. The van der Waals surface area contributed by atoms with Crippen molar-refractivity contribution in [2.45, 2.75) is 26.0 Å². The minimum atomic E-state index is -0.0396. The molecular formula is C19H24N4O2. The number of nitrogen functional groups attached to an aromatic ring is 1. The van der Waals surface area contributed by atoms with Gasteiger partial charge in [0.25, 0.3) is 0 Å². The van der Waals surface area contributed by atoms with Crippen molar-refractivity contribution in [1.29, 1.82) is 0 Å². The lowest BCUT2D eigenvalue weighted by atomic mass is 10.00. The molecule has 0 bridgehead atoms. The summed E-state index contributed by atoms with van der Waals surface area (Å²) < 4.78 is 5.33. The number of anilines is 1. The van der Waals surface area contributed by atoms with Gasteiger partial charge in [0.15, 0.2) is 0 Å². The monoisotopic (exact) mass is 340 g/mol. The van der Waals surface area contributed by atoms with Crippen molar-refractivity contribution in [3.8, 4) is 5.75 Å². The summed E-state index contributed by atoms with van der Waals surface area (Å²) in [7, 11) is 1.68. The largest absolute Gasteiger partial charge is 0.497 e. The number of nitrogens with two attached hydrogens (primary N) is 1. The first-order chi connectivity index (χ1) is 12.1. The first-order valence-corrected chi connectivity index (χ1v) is 8.33. The van der Waals surface area contributed by atoms with E-state index < -0.39 is 0 Å². The number of nitrogens with zero attached hydrogens (tertiary/aromatic N) is 1. The summed E-state index contributed by atoms with van der Waals surface area (Å²) in [4.78, 5) is 7.62. The van der Waals surface area contributed by atoms with Crippen LogP contribution < -0.4 is 15.8 Å². The molecule has 1 atom stereocenters. The van der Waals surface area contributed by atoms with Crippen LogP contribution in [0.3, 0.4) is 0 Å². The molecule has 2 heterocycles. The van der Waals surface area contributed by atoms with Crippen LogP contribution >= 0.6 is 0 Å². The number of H-pyrrole nitrogens is 1. The molecule has 5 N–H and O–H groups in total. The SMILES string of the molecule is COc1ccc2[nH]cc([C@@H](C)CNCc3nc(N)ccc3CO)c2c1. The minimum absolute atomic E-state index is 0.0396. The van der Waals surface area contributed by atoms with E-state index in [0.717, 1.165) is 29.1 Å². The molecule has 25 heavy (non-hydrogen) atoms. The van der Waals surface area contributed by atoms with Crippen LogP contribution in [-0.4, -0.2) is 28.7 Å². The topological polar surface area (TPSA) is 96.2 Å². The van der Waals surface area contributed by atoms with E-state index in [9.17, 15) is 5.11 Å². The molecule has 3 rings (SSSR count). The van der Waals surface area contributed by atoms with Crippen LogP contribution in [0.4, 0.5) is 5.82 Å². The zero-order valence-electron chi connectivity index (χ0n) is 14.5. The van der Waals surface area contributed by atoms with Crippen LogP contribution in [0.2, 0.25) is 0 Å². The molecule has 0 spiro atoms. The number of ether oxygens (including phenoxy) is 1. The molecule has 0 amide bonds. The Labute approximate surface area is 147 Å². The third-order valence-corrected chi connectivity index (χ3v) is 4.46. The van der Waals surface area contributed by atoms with Gasteiger partial charge in [-0.1, -0.05) is 13.0 Å². The highest BCUT2D eigenvalue weighted by atomic mass is 16.5. The van der Waals surface area contributed by atoms with Gasteiger partial charge in [-0.3, -0.25) is 0 Å². The van der Waals surface area contributed by atoms with Gasteiger partial charge < -0.3 is 25.9 Å². The fourth-order valence-electron chi connectivity index (χ4n) is 3.02. The normalized spacial score (nSPS) is 12.4. The Balaban J connectivity index is 1.69. The molecule has 1 aromatic carbocycles. The number of rotatable bonds is 7. The Hall–Kier alpha value is -2.57. The summed E-state index contributed by atoms with van der Waals surface area (Å²) in [5, 5.41) is 14.0. The van der Waals surface area contributed by atoms with Gasteiger partial charge in [-0.15, -0.1) is 0 Å². The second kappa shape index (κ2) is 7.55. The van der Waals surface area contributed by atoms with Gasteiger partial charge in [-0.2, -0.15) is 0 Å². The van der Waals surface area contributed by atoms with Gasteiger partial charge in [0.1, 0.15) is 11.6 Å². The molecule has 3 aromatic rings. The maximum atomic E-state index is 9.41. The van der Waals surface area contributed by atoms with E-state index in [1.54, 1.807) is 13.2 Å². The predicted molar refractivity (Wildman–Crippen MR) is 99.5 cm³/mol. The van der Waals surface area contributed by atoms with Gasteiger partial charge in [-0.05, 0) is 35.7 Å². The van der Waals surface area contributed by atoms with E-state index in [0.29, 0.717) is 18.3 Å². The summed E-state index contributed by atoms with van der Waals surface area (Å²) in [5.41, 5.74) is 9.67. The Morgan fingerprint density at radius 1 is 1.32 bits per heavy atom. The summed E-state index contributed by atoms with van der Waals surface area (Å²) in [5.74, 6) is 1.62. The minimum Gasteiger partial charge on any atom is -0.497 e. The molecule has 132 valence electrons. The molecule has 6 heteroatoms. The molecule has 0 aliphatic rings. The zero-order chi connectivity index (χ0) is 17.8. The number of benzene rings is 1. The first-order valence-electron chi connectivity index (χ1n) is 8.33. The van der Waals surface area contributed by atoms with Crippen molar-refractivity contribution in [3.63, 3.8) is 0 Å². The highest BCUT2D eigenvalue weighted by Crippen LogP contribution is 2.28. The van der Waals surface area contributed by atoms with Crippen LogP contribution in [0.25, 0.3) is 10.9 Å². The van der Waals surface area contributed by atoms with Crippen LogP contribution in [0.5, 0.6) is 5.75 Å². The van der Waals surface area contributed by atoms with Crippen molar-refractivity contribution in [2.24, 2.45) is 0 Å². The van der Waals surface area contributed by atoms with Crippen LogP contribution in [0, 0.1) is 0 Å². The zero-order valence-corrected chi connectivity index (χ0v) is 14.5. The maximum Gasteiger partial charge on any atom is 0.123 e. The predicted octanol–water partition coefficient (Wildman–Crippen LogP) is 2.54. The van der Waals surface area contributed by atoms with E-state index >= 15 is 0 Å². The van der Waals surface area contributed by atoms with E-state index in [2.05, 4.69) is 28.3 Å². The Bertz CT molecular complexity index is 860. The number of aliphatic hydroxyl groups is 1. The summed E-state index contributed by atoms with van der Waals surface area (Å²) >= 11 is 0. The number of aliphatic hydroxyl groups excluding tert-OH is 1. The lowest BCUT2D eigenvalue weighted by Gasteiger charge is -2.14. The van der Waals surface area contributed by atoms with Gasteiger partial charge in [-0.25, -0.2) is 4.98 Å². The van der Waals surface area contributed by atoms with Crippen molar-refractivity contribution >= 4 is 16.7 Å². The van der Waals surface area contributed by atoms with Crippen molar-refractivity contribution in [3.05, 3.63) is 53.3 Å². The fraction of sp³-hybridized carbons (Fsp3) is 0.316. The van der Waals surface area contributed by atoms with E-state index in [1.165, 1.54) is 10.9 Å². The molecule has 6 nitrogen and oxygen atoms in total. The number of methoxy groups -OCH3 is 1. The van der Waals surface area contributed by atoms with Crippen molar-refractivity contribution in [1.82, 2.24) is 15.3 Å². The molecule has 0 aliphatic heterocycles. The number of pyridine rings is 1. The quantitative estimate of drug-likeness (QED) is 0.530. The average Bonchev–Trinajstić information content (AvgIpc) is 3.05. The van der Waals surface area contributed by atoms with Crippen LogP contribution in [0.15, 0.2) is 36.5 Å². The van der Waals surface area contributed by atoms with Gasteiger partial charge in [0.2, 0.25) is 0 Å². The second-order valence-corrected chi connectivity index (χ2v) is 6.19. The van der Waals surface area contributed by atoms with Crippen LogP contribution in [-0.2, 0) is 13.2 Å². The lowest BCUT2D eigenvalue weighted by molar-refractivity contribution is 0.279. The van der Waals surface area contributed by atoms with E-state index in [1.807, 2.05) is 24.4 Å². The Morgan fingerprint density at radius 2 is 2.16 bits per heavy atom. The van der Waals surface area contributed by atoms with Crippen LogP contribution in [0.1, 0.15) is 29.7 Å². The Kier molecular flexibility index (Phi) is 5.21. The second-order valence-electron chi connectivity index (χ2n) is 6.19. The molecule has 0 saturated carbocycles. The highest BCUT2D eigenvalue weighted by molar-refractivity contribution is 5.85. The smallest absolute Gasteiger partial charge is 0.123 e. The molecule has 2 aromatic heterocycles. The van der Waals surface area contributed by atoms with E-state index in [-0.39, 0.29) is 6.61 Å². The number of hydrogen-bond donors (Lipinski definition) is 4. The average molecular weight is 340 g/mol. The number of aromatic nitrogens is 2. The summed E-state index contributed by atoms with van der Waals surface area (Å²) in [6.07, 6.45) is 2.05. The van der Waals surface area contributed by atoms with Crippen molar-refractivity contribution < 1.29 is 9.84 Å². The number of hydrogen-bond acceptors (Lipinski definition) is 5. The molecule has 0 unspecified atom stereocenters. The van der Waals surface area contributed by atoms with Gasteiger partial charge in [0.05, 0.1) is 19.4 Å². The van der Waals surface area contributed by atoms with Gasteiger partial charge >= 0.3 is 0 Å². The fourth-order valence-corrected chi connectivity index (χ4v) is 3.02. The first kappa shape index (κ1) is 17.3. The van der Waals surface area contributed by atoms with Crippen molar-refractivity contribution in [2.75, 3.05) is 19.4 Å². The van der Waals surface area contributed by atoms with Gasteiger partial charge in [0, 0.05) is 35.8 Å². The van der Waals surface area contributed by atoms with E-state index in [4.69, 9.17) is 10.5 Å². The molecule has 0 fully saturated rings. The standard InChI is InChI=1S/C19H24N4O2/c1-12(8-21-10-18-13(11-24)3-6-19(20)23-18)16-9-22-17-5-4-14(25-2)7-15(16)17/h3-7,9,12,21-22,24H,8,10-11H2,1-2H3,(H2,20,23)/t12-/m0/s1. The lowest BCUT2D eigenvalue weighted by Crippen LogP contribution is -2.21. The summed E-state index contributed by atoms with van der Waals surface area (Å²) in [6.45, 7) is 3.49. The molecule has 0 saturated heterocycles. The molecule has 0 aliphatic carbocycles. The summed E-state index contributed by atoms with van der Waals surface area (Å²) in [6, 6.07) is 9.56. The third-order valence-electron chi connectivity index (χ3n) is 4.46. The third kappa shape index (κ3) is 3.75. The Morgan fingerprint density at radius 3 is 2.92 bits per heavy atom. The maximum absolute atomic E-state index is 9.41. The molecule has 0 radical (unpaired) electrons.